The van der Waals surface area contributed by atoms with Gasteiger partial charge in [0, 0.05) is 44.0 Å². The van der Waals surface area contributed by atoms with E-state index >= 15 is 0 Å². The highest BCUT2D eigenvalue weighted by atomic mass is 35.5. The van der Waals surface area contributed by atoms with Crippen LogP contribution >= 0.6 is 23.2 Å². The Morgan fingerprint density at radius 3 is 2.28 bits per heavy atom. The minimum atomic E-state index is -0.967. The van der Waals surface area contributed by atoms with E-state index in [4.69, 9.17) is 38.7 Å². The minimum absolute atomic E-state index is 0.0557. The summed E-state index contributed by atoms with van der Waals surface area (Å²) in [5.41, 5.74) is 9.50. The number of amides is 2. The number of ether oxygens (including phenoxy) is 1. The minimum Gasteiger partial charge on any atom is -0.464 e. The smallest absolute Gasteiger partial charge is 0.328 e. The lowest BCUT2D eigenvalue weighted by Crippen LogP contribution is -2.55. The number of halogens is 3. The molecule has 10 nitrogen and oxygen atoms in total. The van der Waals surface area contributed by atoms with Gasteiger partial charge in [-0.15, -0.1) is 23.2 Å². The number of hydrogen-bond acceptors (Lipinski definition) is 7. The third-order valence-electron chi connectivity index (χ3n) is 7.62. The van der Waals surface area contributed by atoms with Gasteiger partial charge in [-0.1, -0.05) is 26.0 Å². The molecule has 0 spiro atoms. The van der Waals surface area contributed by atoms with E-state index in [0.29, 0.717) is 43.3 Å². The van der Waals surface area contributed by atoms with E-state index in [1.165, 1.54) is 12.1 Å². The molecule has 0 aliphatic carbocycles. The first-order chi connectivity index (χ1) is 22.0. The van der Waals surface area contributed by atoms with Gasteiger partial charge in [-0.05, 0) is 68.0 Å². The summed E-state index contributed by atoms with van der Waals surface area (Å²) in [6.45, 7) is 7.00. The van der Waals surface area contributed by atoms with Crippen LogP contribution in [0.2, 0.25) is 0 Å². The average molecular weight is 680 g/mol. The van der Waals surface area contributed by atoms with Crippen LogP contribution in [0, 0.1) is 11.7 Å². The maximum atomic E-state index is 13.5. The zero-order valence-electron chi connectivity index (χ0n) is 26.9. The maximum absolute atomic E-state index is 13.5. The lowest BCUT2D eigenvalue weighted by molar-refractivity contribution is -0.147. The molecule has 0 aliphatic rings. The van der Waals surface area contributed by atoms with E-state index in [0.717, 1.165) is 22.5 Å². The molecule has 0 aliphatic heterocycles. The van der Waals surface area contributed by atoms with Crippen LogP contribution in [-0.4, -0.2) is 76.9 Å². The quantitative estimate of drug-likeness (QED) is 0.137. The van der Waals surface area contributed by atoms with Crippen molar-refractivity contribution >= 4 is 57.7 Å². The molecule has 4 N–H and O–H groups in total. The van der Waals surface area contributed by atoms with Crippen molar-refractivity contribution in [2.24, 2.45) is 18.7 Å². The first-order valence-electron chi connectivity index (χ1n) is 15.6. The molecular formula is C33H45Cl2FN6O4. The van der Waals surface area contributed by atoms with Gasteiger partial charge >= 0.3 is 5.97 Å². The fourth-order valence-electron chi connectivity index (χ4n) is 5.22. The molecule has 3 aromatic rings. The van der Waals surface area contributed by atoms with Gasteiger partial charge in [0.05, 0.1) is 23.7 Å². The van der Waals surface area contributed by atoms with Gasteiger partial charge in [-0.25, -0.2) is 14.2 Å². The zero-order chi connectivity index (χ0) is 33.8. The number of nitrogens with one attached hydrogen (secondary N) is 2. The Bertz CT molecular complexity index is 1450. The summed E-state index contributed by atoms with van der Waals surface area (Å²) in [7, 11) is 1.90. The molecule has 0 saturated heterocycles. The SMILES string of the molecule is CCOC(=O)C(CCc1nc2cc(N(CCCl)CCCl)ccc2n1C)NC(=O)C(CC(C)C)NC(=O)C(N)Cc1ccc(F)cc1. The van der Waals surface area contributed by atoms with Gasteiger partial charge < -0.3 is 30.6 Å². The molecule has 0 bridgehead atoms. The summed E-state index contributed by atoms with van der Waals surface area (Å²) in [6.07, 6.45) is 1.10. The molecule has 3 rings (SSSR count). The average Bonchev–Trinajstić information content (AvgIpc) is 3.33. The van der Waals surface area contributed by atoms with E-state index in [9.17, 15) is 18.8 Å². The van der Waals surface area contributed by atoms with Gasteiger partial charge in [0.15, 0.2) is 0 Å². The topological polar surface area (TPSA) is 132 Å². The van der Waals surface area contributed by atoms with Crippen LogP contribution in [-0.2, 0) is 39.0 Å². The van der Waals surface area contributed by atoms with Gasteiger partial charge in [0.2, 0.25) is 11.8 Å². The highest BCUT2D eigenvalue weighted by molar-refractivity contribution is 6.18. The summed E-state index contributed by atoms with van der Waals surface area (Å²) in [4.78, 5) is 46.4. The summed E-state index contributed by atoms with van der Waals surface area (Å²) < 4.78 is 20.5. The van der Waals surface area contributed by atoms with Crippen LogP contribution in [0.5, 0.6) is 0 Å². The molecule has 46 heavy (non-hydrogen) atoms. The van der Waals surface area contributed by atoms with Gasteiger partial charge in [-0.2, -0.15) is 0 Å². The van der Waals surface area contributed by atoms with Gasteiger partial charge in [-0.3, -0.25) is 9.59 Å². The van der Waals surface area contributed by atoms with E-state index in [-0.39, 0.29) is 31.2 Å². The van der Waals surface area contributed by atoms with Crippen LogP contribution in [0.25, 0.3) is 11.0 Å². The number of carbonyl (C=O) groups is 3. The molecule has 13 heteroatoms. The number of rotatable bonds is 18. The number of esters is 1. The second kappa shape index (κ2) is 18.1. The van der Waals surface area contributed by atoms with Crippen molar-refractivity contribution in [1.82, 2.24) is 20.2 Å². The van der Waals surface area contributed by atoms with Crippen molar-refractivity contribution in [1.29, 1.82) is 0 Å². The summed E-state index contributed by atoms with van der Waals surface area (Å²) in [6, 6.07) is 8.85. The molecule has 1 aromatic heterocycles. The molecule has 0 saturated carbocycles. The molecule has 3 unspecified atom stereocenters. The van der Waals surface area contributed by atoms with E-state index in [1.54, 1.807) is 19.1 Å². The zero-order valence-corrected chi connectivity index (χ0v) is 28.4. The predicted octanol–water partition coefficient (Wildman–Crippen LogP) is 4.08. The second-order valence-corrected chi connectivity index (χ2v) is 12.4. The standard InChI is InChI=1S/C33H45Cl2FN6O4/c1-5-46-33(45)26(11-13-30-38-27-20-24(10-12-29(27)41(30)4)42(16-14-34)17-15-35)39-32(44)28(18-21(2)3)40-31(43)25(37)19-22-6-8-23(36)9-7-22/h6-10,12,20-21,25-26,28H,5,11,13-19,37H2,1-4H3,(H,39,44)(H,40,43). The first kappa shape index (κ1) is 37.1. The van der Waals surface area contributed by atoms with Crippen LogP contribution in [0.15, 0.2) is 42.5 Å². The summed E-state index contributed by atoms with van der Waals surface area (Å²) in [5.74, 6) is -0.269. The number of alkyl halides is 2. The molecule has 1 heterocycles. The Hall–Kier alpha value is -3.41. The molecule has 2 amide bonds. The van der Waals surface area contributed by atoms with E-state index in [2.05, 4.69) is 15.5 Å². The van der Waals surface area contributed by atoms with Crippen LogP contribution in [0.3, 0.4) is 0 Å². The van der Waals surface area contributed by atoms with Crippen molar-refractivity contribution in [3.8, 4) is 0 Å². The lowest BCUT2D eigenvalue weighted by Gasteiger charge is -2.25. The van der Waals surface area contributed by atoms with Crippen molar-refractivity contribution in [3.63, 3.8) is 0 Å². The van der Waals surface area contributed by atoms with Crippen molar-refractivity contribution in [2.45, 2.75) is 64.6 Å². The molecule has 3 atom stereocenters. The normalized spacial score (nSPS) is 13.3. The molecule has 0 fully saturated rings. The molecule has 0 radical (unpaired) electrons. The van der Waals surface area contributed by atoms with Crippen molar-refractivity contribution in [2.75, 3.05) is 36.4 Å². The lowest BCUT2D eigenvalue weighted by atomic mass is 10.0. The first-order valence-corrected chi connectivity index (χ1v) is 16.6. The van der Waals surface area contributed by atoms with Gasteiger partial charge in [0.1, 0.15) is 23.7 Å². The van der Waals surface area contributed by atoms with Crippen molar-refractivity contribution in [3.05, 3.63) is 59.7 Å². The number of aromatic nitrogens is 2. The maximum Gasteiger partial charge on any atom is 0.328 e. The van der Waals surface area contributed by atoms with Crippen LogP contribution in [0.1, 0.15) is 45.0 Å². The number of hydrogen-bond donors (Lipinski definition) is 3. The predicted molar refractivity (Wildman–Crippen MR) is 181 cm³/mol. The van der Waals surface area contributed by atoms with E-state index < -0.39 is 35.9 Å². The highest BCUT2D eigenvalue weighted by Crippen LogP contribution is 2.24. The number of aryl methyl sites for hydroxylation is 2. The number of carbonyl (C=O) groups excluding carboxylic acids is 3. The third kappa shape index (κ3) is 10.6. The number of imidazole rings is 1. The highest BCUT2D eigenvalue weighted by Gasteiger charge is 2.30. The fraction of sp³-hybridized carbons (Fsp3) is 0.515. The van der Waals surface area contributed by atoms with Crippen LogP contribution in [0.4, 0.5) is 10.1 Å². The fourth-order valence-corrected chi connectivity index (χ4v) is 5.63. The number of nitrogens with zero attached hydrogens (tertiary/aromatic N) is 3. The van der Waals surface area contributed by atoms with E-state index in [1.807, 2.05) is 43.7 Å². The third-order valence-corrected chi connectivity index (χ3v) is 7.96. The van der Waals surface area contributed by atoms with Gasteiger partial charge in [0.25, 0.3) is 0 Å². The molecular weight excluding hydrogens is 634 g/mol. The van der Waals surface area contributed by atoms with Crippen molar-refractivity contribution < 1.29 is 23.5 Å². The Balaban J connectivity index is 1.74. The molecule has 252 valence electrons. The number of nitrogens with two attached hydrogens (primary N) is 1. The number of benzene rings is 2. The summed E-state index contributed by atoms with van der Waals surface area (Å²) >= 11 is 12.0. The Morgan fingerprint density at radius 1 is 1.02 bits per heavy atom. The summed E-state index contributed by atoms with van der Waals surface area (Å²) in [5, 5.41) is 5.55. The Labute approximate surface area is 280 Å². The monoisotopic (exact) mass is 678 g/mol. The number of fused-ring (bicyclic) bond motifs is 1. The molecule has 2 aromatic carbocycles. The number of anilines is 1. The second-order valence-electron chi connectivity index (χ2n) is 11.6. The van der Waals surface area contributed by atoms with Crippen LogP contribution < -0.4 is 21.3 Å². The Morgan fingerprint density at radius 2 is 1.67 bits per heavy atom. The Kier molecular flexibility index (Phi) is 14.5. The largest absolute Gasteiger partial charge is 0.464 e.